The summed E-state index contributed by atoms with van der Waals surface area (Å²) in [5.74, 6) is -2.01. The van der Waals surface area contributed by atoms with Crippen LogP contribution in [0.2, 0.25) is 0 Å². The highest BCUT2D eigenvalue weighted by Crippen LogP contribution is 2.21. The van der Waals surface area contributed by atoms with E-state index in [1.807, 2.05) is 0 Å². The molecule has 1 aromatic heterocycles. The van der Waals surface area contributed by atoms with Gasteiger partial charge in [0.15, 0.2) is 0 Å². The van der Waals surface area contributed by atoms with Crippen molar-refractivity contribution >= 4 is 39.1 Å². The minimum atomic E-state index is -5.92. The lowest BCUT2D eigenvalue weighted by Crippen LogP contribution is -2.43. The summed E-state index contributed by atoms with van der Waals surface area (Å²) >= 11 is 0. The summed E-state index contributed by atoms with van der Waals surface area (Å²) in [4.78, 5) is 28.9. The van der Waals surface area contributed by atoms with Crippen LogP contribution in [0.25, 0.3) is 23.2 Å². The van der Waals surface area contributed by atoms with Crippen molar-refractivity contribution in [3.05, 3.63) is 76.0 Å². The molecule has 31 heavy (non-hydrogen) atoms. The molecule has 3 rings (SSSR count). The number of carbonyl (C=O) groups is 1. The predicted molar refractivity (Wildman–Crippen MR) is 104 cm³/mol. The zero-order valence-electron chi connectivity index (χ0n) is 15.4. The Labute approximate surface area is 172 Å². The number of alkyl halides is 3. The van der Waals surface area contributed by atoms with E-state index in [4.69, 9.17) is 0 Å². The molecule has 162 valence electrons. The summed E-state index contributed by atoms with van der Waals surface area (Å²) in [6, 6.07) is 11.3. The van der Waals surface area contributed by atoms with E-state index in [-0.39, 0.29) is 16.7 Å². The number of halogens is 4. The van der Waals surface area contributed by atoms with E-state index in [1.165, 1.54) is 54.6 Å². The van der Waals surface area contributed by atoms with Gasteiger partial charge in [0.25, 0.3) is 11.5 Å². The quantitative estimate of drug-likeness (QED) is 0.597. The molecular weight excluding hydrogens is 442 g/mol. The molecule has 1 heterocycles. The zero-order valence-corrected chi connectivity index (χ0v) is 16.2. The topological polar surface area (TPSA) is 98.1 Å². The summed E-state index contributed by atoms with van der Waals surface area (Å²) in [6.45, 7) is -0.992. The molecule has 1 N–H and O–H groups in total. The average molecular weight is 455 g/mol. The van der Waals surface area contributed by atoms with E-state index < -0.39 is 39.4 Å². The molecule has 12 heteroatoms. The van der Waals surface area contributed by atoms with E-state index >= 15 is 0 Å². The number of carbonyl (C=O) groups excluding carboxylic acids is 1. The van der Waals surface area contributed by atoms with Crippen LogP contribution >= 0.6 is 0 Å². The molecule has 0 saturated carbocycles. The summed E-state index contributed by atoms with van der Waals surface area (Å²) < 4.78 is 74.5. The normalized spacial score (nSPS) is 12.4. The fraction of sp³-hybridized carbons (Fsp3) is 0.105. The molecule has 1 amide bonds. The van der Waals surface area contributed by atoms with Crippen LogP contribution in [0, 0.1) is 5.82 Å². The largest absolute Gasteiger partial charge is 0.516 e. The molecule has 0 atom stereocenters. The van der Waals surface area contributed by atoms with Gasteiger partial charge in [-0.3, -0.25) is 14.2 Å². The Bertz CT molecular complexity index is 1330. The predicted octanol–water partition coefficient (Wildman–Crippen LogP) is 2.67. The van der Waals surface area contributed by atoms with Crippen LogP contribution in [0.15, 0.2) is 53.3 Å². The Hall–Kier alpha value is -3.54. The van der Waals surface area contributed by atoms with E-state index in [9.17, 15) is 35.6 Å². The van der Waals surface area contributed by atoms with Gasteiger partial charge in [-0.05, 0) is 35.9 Å². The number of nitrogens with one attached hydrogen (secondary N) is 1. The first-order chi connectivity index (χ1) is 14.5. The van der Waals surface area contributed by atoms with Gasteiger partial charge in [0, 0.05) is 0 Å². The van der Waals surface area contributed by atoms with Gasteiger partial charge in [-0.25, -0.2) is 14.1 Å². The standard InChI is InChI=1S/C19H13F4N3O4S/c20-13-8-5-12(6-9-13)7-10-15-18(28)26(16-4-2-1-3-14(16)24-15)11-17(27)25-31(29,30)19(21,22)23/h1-10H,11H2,(H,25,27)/b10-7+. The van der Waals surface area contributed by atoms with Crippen LogP contribution in [0.5, 0.6) is 0 Å². The second-order valence-corrected chi connectivity index (χ2v) is 7.91. The van der Waals surface area contributed by atoms with Crippen molar-refractivity contribution in [1.82, 2.24) is 14.3 Å². The highest BCUT2D eigenvalue weighted by Gasteiger charge is 2.47. The maximum atomic E-state index is 13.0. The Morgan fingerprint density at radius 1 is 1.06 bits per heavy atom. The lowest BCUT2D eigenvalue weighted by molar-refractivity contribution is -0.120. The van der Waals surface area contributed by atoms with Gasteiger partial charge in [0.05, 0.1) is 11.0 Å². The lowest BCUT2D eigenvalue weighted by Gasteiger charge is -2.12. The molecule has 3 aromatic rings. The second-order valence-electron chi connectivity index (χ2n) is 6.24. The monoisotopic (exact) mass is 455 g/mol. The Morgan fingerprint density at radius 2 is 1.71 bits per heavy atom. The third-order valence-corrected chi connectivity index (χ3v) is 5.14. The number of hydrogen-bond acceptors (Lipinski definition) is 5. The van der Waals surface area contributed by atoms with Crippen molar-refractivity contribution in [2.45, 2.75) is 12.1 Å². The van der Waals surface area contributed by atoms with Crippen molar-refractivity contribution < 1.29 is 30.8 Å². The number of aromatic nitrogens is 2. The maximum absolute atomic E-state index is 13.0. The van der Waals surface area contributed by atoms with Crippen LogP contribution in [-0.4, -0.2) is 29.4 Å². The molecular formula is C19H13F4N3O4S. The number of para-hydroxylation sites is 2. The number of sulfonamides is 1. The fourth-order valence-corrected chi connectivity index (χ4v) is 3.09. The molecule has 0 aliphatic rings. The minimum Gasteiger partial charge on any atom is -0.295 e. The molecule has 0 saturated heterocycles. The van der Waals surface area contributed by atoms with Crippen molar-refractivity contribution in [1.29, 1.82) is 0 Å². The molecule has 2 aromatic carbocycles. The number of amides is 1. The molecule has 0 fully saturated rings. The van der Waals surface area contributed by atoms with E-state index in [0.717, 1.165) is 9.29 Å². The van der Waals surface area contributed by atoms with Crippen LogP contribution < -0.4 is 10.3 Å². The van der Waals surface area contributed by atoms with Gasteiger partial charge in [-0.15, -0.1) is 0 Å². The van der Waals surface area contributed by atoms with Crippen molar-refractivity contribution in [2.75, 3.05) is 0 Å². The highest BCUT2D eigenvalue weighted by molar-refractivity contribution is 7.90. The van der Waals surface area contributed by atoms with E-state index in [0.29, 0.717) is 5.56 Å². The molecule has 0 spiro atoms. The van der Waals surface area contributed by atoms with Gasteiger partial charge in [-0.1, -0.05) is 30.3 Å². The average Bonchev–Trinajstić information content (AvgIpc) is 2.69. The third kappa shape index (κ3) is 4.97. The summed E-state index contributed by atoms with van der Waals surface area (Å²) in [5.41, 5.74) is -5.78. The number of hydrogen-bond donors (Lipinski definition) is 1. The lowest BCUT2D eigenvalue weighted by atomic mass is 10.2. The maximum Gasteiger partial charge on any atom is 0.516 e. The molecule has 0 aliphatic carbocycles. The van der Waals surface area contributed by atoms with Crippen molar-refractivity contribution in [3.63, 3.8) is 0 Å². The molecule has 0 unspecified atom stereocenters. The zero-order chi connectivity index (χ0) is 22.8. The minimum absolute atomic E-state index is 0.117. The summed E-state index contributed by atoms with van der Waals surface area (Å²) in [5, 5.41) is 0. The SMILES string of the molecule is O=C(Cn1c(=O)c(/C=C/c2ccc(F)cc2)nc2ccccc21)NS(=O)(=O)C(F)(F)F. The number of benzene rings is 2. The van der Waals surface area contributed by atoms with Gasteiger partial charge in [-0.2, -0.15) is 21.6 Å². The molecule has 0 radical (unpaired) electrons. The van der Waals surface area contributed by atoms with Gasteiger partial charge in [0.1, 0.15) is 18.1 Å². The van der Waals surface area contributed by atoms with Gasteiger partial charge >= 0.3 is 15.5 Å². The van der Waals surface area contributed by atoms with E-state index in [2.05, 4.69) is 4.98 Å². The van der Waals surface area contributed by atoms with Crippen LogP contribution in [-0.2, 0) is 21.4 Å². The molecule has 0 bridgehead atoms. The number of rotatable bonds is 5. The Balaban J connectivity index is 2.00. The van der Waals surface area contributed by atoms with E-state index in [1.54, 1.807) is 6.07 Å². The van der Waals surface area contributed by atoms with Gasteiger partial charge in [0.2, 0.25) is 0 Å². The first-order valence-electron chi connectivity index (χ1n) is 8.53. The van der Waals surface area contributed by atoms with Crippen LogP contribution in [0.1, 0.15) is 11.3 Å². The third-order valence-electron chi connectivity index (χ3n) is 4.04. The second kappa shape index (κ2) is 8.30. The summed E-state index contributed by atoms with van der Waals surface area (Å²) in [6.07, 6.45) is 2.75. The fourth-order valence-electron chi connectivity index (χ4n) is 2.61. The summed E-state index contributed by atoms with van der Waals surface area (Å²) in [7, 11) is -5.92. The smallest absolute Gasteiger partial charge is 0.295 e. The Kier molecular flexibility index (Phi) is 5.93. The molecule has 7 nitrogen and oxygen atoms in total. The van der Waals surface area contributed by atoms with Crippen LogP contribution in [0.4, 0.5) is 17.6 Å². The first kappa shape index (κ1) is 22.2. The number of fused-ring (bicyclic) bond motifs is 1. The van der Waals surface area contributed by atoms with Crippen molar-refractivity contribution in [3.8, 4) is 0 Å². The van der Waals surface area contributed by atoms with Crippen molar-refractivity contribution in [2.24, 2.45) is 0 Å². The van der Waals surface area contributed by atoms with Crippen LogP contribution in [0.3, 0.4) is 0 Å². The number of nitrogens with zero attached hydrogens (tertiary/aromatic N) is 2. The van der Waals surface area contributed by atoms with Gasteiger partial charge < -0.3 is 0 Å². The molecule has 0 aliphatic heterocycles. The highest BCUT2D eigenvalue weighted by atomic mass is 32.2. The first-order valence-corrected chi connectivity index (χ1v) is 10.0. The Morgan fingerprint density at radius 3 is 2.35 bits per heavy atom.